The molecule has 0 aliphatic carbocycles. The molecule has 0 radical (unpaired) electrons. The molecule has 8 heteroatoms. The summed E-state index contributed by atoms with van der Waals surface area (Å²) in [4.78, 5) is 20.9. The summed E-state index contributed by atoms with van der Waals surface area (Å²) < 4.78 is 21.0. The quantitative estimate of drug-likeness (QED) is 0.293. The van der Waals surface area contributed by atoms with Crippen LogP contribution in [0.2, 0.25) is 0 Å². The average molecular weight is 384 g/mol. The molecule has 146 valence electrons. The summed E-state index contributed by atoms with van der Waals surface area (Å²) in [6.07, 6.45) is 0. The number of hydrogen-bond donors (Lipinski definition) is 0. The van der Waals surface area contributed by atoms with E-state index in [0.29, 0.717) is 30.4 Å². The number of carbonyl (C=O) groups excluding carboxylic acids is 1. The summed E-state index contributed by atoms with van der Waals surface area (Å²) in [5, 5.41) is 0. The highest BCUT2D eigenvalue weighted by atomic mass is 32.1. The van der Waals surface area contributed by atoms with Crippen LogP contribution >= 0.6 is 12.2 Å². The van der Waals surface area contributed by atoms with Gasteiger partial charge in [-0.2, -0.15) is 0 Å². The van der Waals surface area contributed by atoms with E-state index >= 15 is 0 Å². The smallest absolute Gasteiger partial charge is 0.382 e. The Balaban J connectivity index is 3.38. The molecular weight excluding hydrogens is 356 g/mol. The molecule has 0 unspecified atom stereocenters. The van der Waals surface area contributed by atoms with E-state index in [2.05, 4.69) is 22.2 Å². The lowest BCUT2D eigenvalue weighted by atomic mass is 9.85. The summed E-state index contributed by atoms with van der Waals surface area (Å²) in [6, 6.07) is 0. The Morgan fingerprint density at radius 3 is 2.00 bits per heavy atom. The summed E-state index contributed by atoms with van der Waals surface area (Å²) in [7, 11) is 1.60. The van der Waals surface area contributed by atoms with Crippen molar-refractivity contribution < 1.29 is 23.7 Å². The molecule has 0 saturated heterocycles. The Morgan fingerprint density at radius 1 is 1.04 bits per heavy atom. The molecule has 1 aromatic heterocycles. The number of methoxy groups -OCH3 is 1. The molecule has 0 spiro atoms. The number of hydrogen-bond acceptors (Lipinski definition) is 8. The van der Waals surface area contributed by atoms with Gasteiger partial charge in [0.15, 0.2) is 18.1 Å². The number of nitrogens with zero attached hydrogens (tertiary/aromatic N) is 2. The Bertz CT molecular complexity index is 600. The molecule has 0 atom stereocenters. The van der Waals surface area contributed by atoms with Crippen LogP contribution < -0.4 is 4.74 Å². The minimum atomic E-state index is -0.695. The number of rotatable bonds is 8. The molecule has 1 aromatic rings. The predicted molar refractivity (Wildman–Crippen MR) is 102 cm³/mol. The van der Waals surface area contributed by atoms with Crippen molar-refractivity contribution in [1.29, 1.82) is 0 Å². The van der Waals surface area contributed by atoms with Gasteiger partial charge in [0.2, 0.25) is 5.82 Å². The van der Waals surface area contributed by atoms with Crippen LogP contribution in [0.25, 0.3) is 0 Å². The van der Waals surface area contributed by atoms with Crippen LogP contribution in [-0.4, -0.2) is 48.6 Å². The van der Waals surface area contributed by atoms with Crippen molar-refractivity contribution in [3.05, 3.63) is 17.2 Å². The Kier molecular flexibility index (Phi) is 8.05. The van der Waals surface area contributed by atoms with E-state index in [1.54, 1.807) is 7.11 Å². The third kappa shape index (κ3) is 6.26. The minimum absolute atomic E-state index is 0.0304. The summed E-state index contributed by atoms with van der Waals surface area (Å²) >= 11 is 4.58. The van der Waals surface area contributed by atoms with E-state index in [9.17, 15) is 4.79 Å². The van der Waals surface area contributed by atoms with Gasteiger partial charge >= 0.3 is 5.97 Å². The lowest BCUT2D eigenvalue weighted by Gasteiger charge is -2.28. The highest BCUT2D eigenvalue weighted by Crippen LogP contribution is 2.37. The summed E-state index contributed by atoms with van der Waals surface area (Å²) in [5.74, 6) is -0.228. The van der Waals surface area contributed by atoms with Crippen molar-refractivity contribution in [2.24, 2.45) is 0 Å². The maximum Gasteiger partial charge on any atom is 0.382 e. The van der Waals surface area contributed by atoms with Crippen molar-refractivity contribution in [2.75, 3.05) is 27.1 Å². The fraction of sp³-hybridized carbons (Fsp3) is 0.667. The minimum Gasteiger partial charge on any atom is -0.464 e. The van der Waals surface area contributed by atoms with Gasteiger partial charge in [0, 0.05) is 17.9 Å². The van der Waals surface area contributed by atoms with Gasteiger partial charge < -0.3 is 18.9 Å². The SMILES string of the molecule is COCCOCOc1c(C(C)(C)C)nc(C(=O)OC=S)nc1C(C)(C)C. The van der Waals surface area contributed by atoms with Gasteiger partial charge in [0.1, 0.15) is 0 Å². The number of aromatic nitrogens is 2. The molecule has 1 heterocycles. The molecule has 0 N–H and O–H groups in total. The van der Waals surface area contributed by atoms with Crippen molar-refractivity contribution in [1.82, 2.24) is 9.97 Å². The first-order chi connectivity index (χ1) is 12.0. The third-order valence-corrected chi connectivity index (χ3v) is 3.44. The van der Waals surface area contributed by atoms with E-state index in [-0.39, 0.29) is 12.6 Å². The second-order valence-corrected chi connectivity index (χ2v) is 7.93. The van der Waals surface area contributed by atoms with Gasteiger partial charge in [-0.25, -0.2) is 14.8 Å². The first-order valence-corrected chi connectivity index (χ1v) is 8.76. The lowest BCUT2D eigenvalue weighted by Crippen LogP contribution is -2.26. The zero-order chi connectivity index (χ0) is 20.0. The first kappa shape index (κ1) is 22.4. The van der Waals surface area contributed by atoms with Crippen molar-refractivity contribution in [2.45, 2.75) is 52.4 Å². The molecule has 0 saturated carbocycles. The van der Waals surface area contributed by atoms with Crippen LogP contribution in [0.5, 0.6) is 5.75 Å². The van der Waals surface area contributed by atoms with Gasteiger partial charge in [-0.15, -0.1) is 0 Å². The molecular formula is C18H28N2O5S. The van der Waals surface area contributed by atoms with Crippen molar-refractivity contribution in [3.63, 3.8) is 0 Å². The van der Waals surface area contributed by atoms with Gasteiger partial charge in [-0.05, 0) is 12.2 Å². The zero-order valence-corrected chi connectivity index (χ0v) is 17.4. The molecule has 0 fully saturated rings. The third-order valence-electron chi connectivity index (χ3n) is 3.34. The molecule has 0 amide bonds. The lowest BCUT2D eigenvalue weighted by molar-refractivity contribution is -0.0105. The molecule has 7 nitrogen and oxygen atoms in total. The first-order valence-electron chi connectivity index (χ1n) is 8.29. The second kappa shape index (κ2) is 9.34. The normalized spacial score (nSPS) is 12.0. The van der Waals surface area contributed by atoms with Crippen LogP contribution in [0.15, 0.2) is 0 Å². The molecule has 0 aromatic carbocycles. The number of esters is 1. The fourth-order valence-electron chi connectivity index (χ4n) is 2.09. The average Bonchev–Trinajstić information content (AvgIpc) is 2.52. The topological polar surface area (TPSA) is 79.8 Å². The maximum absolute atomic E-state index is 12.1. The van der Waals surface area contributed by atoms with E-state index < -0.39 is 16.8 Å². The van der Waals surface area contributed by atoms with Crippen LogP contribution in [0, 0.1) is 0 Å². The molecule has 0 aliphatic rings. The molecule has 26 heavy (non-hydrogen) atoms. The second-order valence-electron chi connectivity index (χ2n) is 7.74. The van der Waals surface area contributed by atoms with E-state index in [1.165, 1.54) is 0 Å². The monoisotopic (exact) mass is 384 g/mol. The van der Waals surface area contributed by atoms with Crippen molar-refractivity contribution in [3.8, 4) is 5.75 Å². The zero-order valence-electron chi connectivity index (χ0n) is 16.5. The van der Waals surface area contributed by atoms with E-state index in [0.717, 1.165) is 5.55 Å². The predicted octanol–water partition coefficient (Wildman–Crippen LogP) is 3.18. The largest absolute Gasteiger partial charge is 0.464 e. The number of carbonyl (C=O) groups is 1. The van der Waals surface area contributed by atoms with E-state index in [4.69, 9.17) is 18.9 Å². The Labute approximate surface area is 160 Å². The standard InChI is InChI=1S/C18H28N2O5S/c1-17(2,3)13-12(24-10-23-9-8-22-7)14(18(4,5)6)20-15(19-13)16(21)25-11-26/h11H,8-10H2,1-7H3. The fourth-order valence-corrected chi connectivity index (χ4v) is 2.18. The van der Waals surface area contributed by atoms with Gasteiger partial charge in [-0.3, -0.25) is 0 Å². The molecule has 0 bridgehead atoms. The highest BCUT2D eigenvalue weighted by Gasteiger charge is 2.32. The number of thiocarbonyl (C=S) groups is 1. The van der Waals surface area contributed by atoms with E-state index in [1.807, 2.05) is 41.5 Å². The number of ether oxygens (including phenoxy) is 4. The van der Waals surface area contributed by atoms with Crippen molar-refractivity contribution >= 4 is 23.7 Å². The summed E-state index contributed by atoms with van der Waals surface area (Å²) in [6.45, 7) is 12.8. The Hall–Kier alpha value is -1.64. The molecule has 0 aliphatic heterocycles. The molecule has 1 rings (SSSR count). The van der Waals surface area contributed by atoms with Crippen LogP contribution in [-0.2, 0) is 25.0 Å². The summed E-state index contributed by atoms with van der Waals surface area (Å²) in [5.41, 5.74) is 1.32. The van der Waals surface area contributed by atoms with Gasteiger partial charge in [0.25, 0.3) is 0 Å². The van der Waals surface area contributed by atoms with Crippen LogP contribution in [0.1, 0.15) is 63.5 Å². The van der Waals surface area contributed by atoms with Gasteiger partial charge in [0.05, 0.1) is 24.6 Å². The highest BCUT2D eigenvalue weighted by molar-refractivity contribution is 7.78. The Morgan fingerprint density at radius 2 is 1.58 bits per heavy atom. The maximum atomic E-state index is 12.1. The van der Waals surface area contributed by atoms with Gasteiger partial charge in [-0.1, -0.05) is 41.5 Å². The van der Waals surface area contributed by atoms with Crippen LogP contribution in [0.3, 0.4) is 0 Å². The van der Waals surface area contributed by atoms with Crippen LogP contribution in [0.4, 0.5) is 0 Å².